The molecule has 2 amide bonds. The maximum atomic E-state index is 12.0. The van der Waals surface area contributed by atoms with E-state index in [2.05, 4.69) is 5.32 Å². The smallest absolute Gasteiger partial charge is 0.414 e. The summed E-state index contributed by atoms with van der Waals surface area (Å²) in [5, 5.41) is 2.77. The molecule has 7 heteroatoms. The largest absolute Gasteiger partial charge is 0.493 e. The number of anilines is 1. The first kappa shape index (κ1) is 16.9. The zero-order valence-corrected chi connectivity index (χ0v) is 13.8. The molecule has 7 nitrogen and oxygen atoms in total. The molecule has 1 heterocycles. The highest BCUT2D eigenvalue weighted by atomic mass is 16.6. The lowest BCUT2D eigenvalue weighted by atomic mass is 10.2. The van der Waals surface area contributed by atoms with Crippen LogP contribution in [-0.4, -0.2) is 45.4 Å². The van der Waals surface area contributed by atoms with Gasteiger partial charge in [-0.3, -0.25) is 9.69 Å². The maximum Gasteiger partial charge on any atom is 0.414 e. The highest BCUT2D eigenvalue weighted by Crippen LogP contribution is 2.33. The first-order valence-electron chi connectivity index (χ1n) is 7.44. The molecule has 1 unspecified atom stereocenters. The number of benzene rings is 1. The number of hydrogen-bond donors (Lipinski definition) is 1. The van der Waals surface area contributed by atoms with Crippen molar-refractivity contribution in [1.82, 2.24) is 5.32 Å². The highest BCUT2D eigenvalue weighted by molar-refractivity contribution is 5.90. The number of rotatable bonds is 6. The molecule has 1 aliphatic rings. The second-order valence-electron chi connectivity index (χ2n) is 5.56. The Morgan fingerprint density at radius 2 is 2.04 bits per heavy atom. The van der Waals surface area contributed by atoms with Gasteiger partial charge >= 0.3 is 6.09 Å². The van der Waals surface area contributed by atoms with Crippen molar-refractivity contribution in [3.05, 3.63) is 18.2 Å². The van der Waals surface area contributed by atoms with Crippen LogP contribution in [0.2, 0.25) is 0 Å². The molecule has 0 radical (unpaired) electrons. The van der Waals surface area contributed by atoms with E-state index in [1.54, 1.807) is 25.3 Å². The van der Waals surface area contributed by atoms with Crippen LogP contribution < -0.4 is 19.7 Å². The van der Waals surface area contributed by atoms with E-state index in [1.807, 2.05) is 13.8 Å². The third-order valence-electron chi connectivity index (χ3n) is 3.58. The fourth-order valence-corrected chi connectivity index (χ4v) is 2.25. The molecule has 1 saturated heterocycles. The number of ether oxygens (including phenoxy) is 3. The Morgan fingerprint density at radius 1 is 1.35 bits per heavy atom. The van der Waals surface area contributed by atoms with Gasteiger partial charge < -0.3 is 19.5 Å². The molecule has 23 heavy (non-hydrogen) atoms. The minimum absolute atomic E-state index is 0.0642. The summed E-state index contributed by atoms with van der Waals surface area (Å²) < 4.78 is 15.7. The van der Waals surface area contributed by atoms with Crippen molar-refractivity contribution < 1.29 is 23.8 Å². The third kappa shape index (κ3) is 3.85. The minimum atomic E-state index is -0.444. The van der Waals surface area contributed by atoms with Crippen molar-refractivity contribution in [3.8, 4) is 11.5 Å². The normalized spacial score (nSPS) is 17.2. The summed E-state index contributed by atoms with van der Waals surface area (Å²) in [6, 6.07) is 5.21. The lowest BCUT2D eigenvalue weighted by molar-refractivity contribution is -0.124. The molecule has 0 bridgehead atoms. The van der Waals surface area contributed by atoms with E-state index in [4.69, 9.17) is 14.2 Å². The Hall–Kier alpha value is -2.44. The topological polar surface area (TPSA) is 77.1 Å². The van der Waals surface area contributed by atoms with Crippen molar-refractivity contribution in [2.75, 3.05) is 32.2 Å². The van der Waals surface area contributed by atoms with Crippen LogP contribution in [-0.2, 0) is 9.53 Å². The fourth-order valence-electron chi connectivity index (χ4n) is 2.25. The maximum absolute atomic E-state index is 12.0. The third-order valence-corrected chi connectivity index (χ3v) is 3.58. The molecular weight excluding hydrogens is 300 g/mol. The van der Waals surface area contributed by atoms with Crippen LogP contribution in [0.5, 0.6) is 11.5 Å². The van der Waals surface area contributed by atoms with Crippen LogP contribution in [0.15, 0.2) is 18.2 Å². The summed E-state index contributed by atoms with van der Waals surface area (Å²) in [7, 11) is 3.09. The van der Waals surface area contributed by atoms with E-state index in [1.165, 1.54) is 12.0 Å². The Morgan fingerprint density at radius 3 is 2.65 bits per heavy atom. The van der Waals surface area contributed by atoms with Gasteiger partial charge in [0.05, 0.1) is 33.0 Å². The Bertz CT molecular complexity index is 588. The molecule has 1 aromatic rings. The molecule has 1 aromatic carbocycles. The zero-order chi connectivity index (χ0) is 17.0. The quantitative estimate of drug-likeness (QED) is 0.864. The van der Waals surface area contributed by atoms with Crippen LogP contribution >= 0.6 is 0 Å². The summed E-state index contributed by atoms with van der Waals surface area (Å²) in [6.07, 6.45) is -0.820. The van der Waals surface area contributed by atoms with Crippen molar-refractivity contribution >= 4 is 17.7 Å². The summed E-state index contributed by atoms with van der Waals surface area (Å²) in [5.41, 5.74) is 0.658. The molecule has 126 valence electrons. The Labute approximate surface area is 135 Å². The first-order valence-corrected chi connectivity index (χ1v) is 7.44. The van der Waals surface area contributed by atoms with Gasteiger partial charge in [-0.05, 0) is 12.1 Å². The van der Waals surface area contributed by atoms with Crippen molar-refractivity contribution in [3.63, 3.8) is 0 Å². The van der Waals surface area contributed by atoms with Gasteiger partial charge in [0.15, 0.2) is 11.5 Å². The average Bonchev–Trinajstić information content (AvgIpc) is 2.92. The predicted molar refractivity (Wildman–Crippen MR) is 85.0 cm³/mol. The number of hydrogen-bond acceptors (Lipinski definition) is 5. The Kier molecular flexibility index (Phi) is 5.31. The molecule has 1 fully saturated rings. The predicted octanol–water partition coefficient (Wildman–Crippen LogP) is 1.80. The van der Waals surface area contributed by atoms with E-state index in [0.717, 1.165) is 0 Å². The van der Waals surface area contributed by atoms with Crippen LogP contribution in [0.25, 0.3) is 0 Å². The molecule has 0 saturated carbocycles. The van der Waals surface area contributed by atoms with Gasteiger partial charge in [0.1, 0.15) is 6.10 Å². The van der Waals surface area contributed by atoms with E-state index in [-0.39, 0.29) is 17.9 Å². The average molecular weight is 322 g/mol. The van der Waals surface area contributed by atoms with Gasteiger partial charge in [-0.15, -0.1) is 0 Å². The number of cyclic esters (lactones) is 1. The van der Waals surface area contributed by atoms with E-state index in [0.29, 0.717) is 30.3 Å². The van der Waals surface area contributed by atoms with Crippen LogP contribution in [0.1, 0.15) is 13.8 Å². The summed E-state index contributed by atoms with van der Waals surface area (Å²) in [6.45, 7) is 4.29. The van der Waals surface area contributed by atoms with Crippen molar-refractivity contribution in [1.29, 1.82) is 0 Å². The first-order chi connectivity index (χ1) is 11.0. The molecule has 0 spiro atoms. The van der Waals surface area contributed by atoms with E-state index in [9.17, 15) is 9.59 Å². The molecule has 1 atom stereocenters. The van der Waals surface area contributed by atoms with Crippen molar-refractivity contribution in [2.45, 2.75) is 20.0 Å². The molecular formula is C16H22N2O5. The van der Waals surface area contributed by atoms with Gasteiger partial charge in [-0.1, -0.05) is 13.8 Å². The summed E-state index contributed by atoms with van der Waals surface area (Å²) >= 11 is 0. The van der Waals surface area contributed by atoms with Gasteiger partial charge in [0.2, 0.25) is 5.91 Å². The summed E-state index contributed by atoms with van der Waals surface area (Å²) in [5.74, 6) is 0.957. The second kappa shape index (κ2) is 7.21. The highest BCUT2D eigenvalue weighted by Gasteiger charge is 2.33. The second-order valence-corrected chi connectivity index (χ2v) is 5.56. The van der Waals surface area contributed by atoms with Crippen LogP contribution in [0, 0.1) is 5.92 Å². The SMILES string of the molecule is COc1ccc(N2CC(CNC(=O)C(C)C)OC2=O)cc1OC. The number of amides is 2. The number of nitrogens with one attached hydrogen (secondary N) is 1. The standard InChI is InChI=1S/C16H22N2O5/c1-10(2)15(19)17-8-12-9-18(16(20)23-12)11-5-6-13(21-3)14(7-11)22-4/h5-7,10,12H,8-9H2,1-4H3,(H,17,19). The molecule has 1 aliphatic heterocycles. The van der Waals surface area contributed by atoms with Crippen LogP contribution in [0.4, 0.5) is 10.5 Å². The van der Waals surface area contributed by atoms with Crippen LogP contribution in [0.3, 0.4) is 0 Å². The zero-order valence-electron chi connectivity index (χ0n) is 13.8. The molecule has 0 aliphatic carbocycles. The number of nitrogens with zero attached hydrogens (tertiary/aromatic N) is 1. The lowest BCUT2D eigenvalue weighted by Gasteiger charge is -2.16. The van der Waals surface area contributed by atoms with Gasteiger partial charge in [0, 0.05) is 12.0 Å². The molecule has 2 rings (SSSR count). The van der Waals surface area contributed by atoms with Crippen molar-refractivity contribution in [2.24, 2.45) is 5.92 Å². The van der Waals surface area contributed by atoms with Gasteiger partial charge in [0.25, 0.3) is 0 Å². The molecule has 1 N–H and O–H groups in total. The van der Waals surface area contributed by atoms with Gasteiger partial charge in [-0.2, -0.15) is 0 Å². The monoisotopic (exact) mass is 322 g/mol. The lowest BCUT2D eigenvalue weighted by Crippen LogP contribution is -2.36. The van der Waals surface area contributed by atoms with Gasteiger partial charge in [-0.25, -0.2) is 4.79 Å². The fraction of sp³-hybridized carbons (Fsp3) is 0.500. The Balaban J connectivity index is 2.04. The van der Waals surface area contributed by atoms with E-state index < -0.39 is 6.09 Å². The number of carbonyl (C=O) groups excluding carboxylic acids is 2. The summed E-state index contributed by atoms with van der Waals surface area (Å²) in [4.78, 5) is 25.1. The minimum Gasteiger partial charge on any atom is -0.493 e. The molecule has 0 aromatic heterocycles. The number of methoxy groups -OCH3 is 2. The van der Waals surface area contributed by atoms with E-state index >= 15 is 0 Å². The number of carbonyl (C=O) groups is 2.